The zero-order valence-electron chi connectivity index (χ0n) is 9.76. The molecule has 0 spiro atoms. The van der Waals surface area contributed by atoms with Crippen LogP contribution in [0.5, 0.6) is 0 Å². The van der Waals surface area contributed by atoms with Crippen LogP contribution >= 0.6 is 0 Å². The lowest BCUT2D eigenvalue weighted by Crippen LogP contribution is -2.43. The van der Waals surface area contributed by atoms with Gasteiger partial charge in [0.05, 0.1) is 0 Å². The second-order valence-electron chi connectivity index (χ2n) is 4.96. The molecule has 3 heteroatoms. The van der Waals surface area contributed by atoms with Crippen molar-refractivity contribution in [1.29, 1.82) is 0 Å². The number of hydrogen-bond acceptors (Lipinski definition) is 2. The fourth-order valence-corrected chi connectivity index (χ4v) is 1.59. The smallest absolute Gasteiger partial charge is 0.225 e. The molecule has 82 valence electrons. The van der Waals surface area contributed by atoms with Gasteiger partial charge in [-0.05, 0) is 26.4 Å². The standard InChI is InChI=1S/C11H22N2O/c1-5-11(2,3)10(14)12-9-6-7-13(4)8-9/h9H,5-8H2,1-4H3,(H,12,14). The van der Waals surface area contributed by atoms with Crippen molar-refractivity contribution >= 4 is 5.91 Å². The lowest BCUT2D eigenvalue weighted by molar-refractivity contribution is -0.130. The van der Waals surface area contributed by atoms with Crippen molar-refractivity contribution in [3.63, 3.8) is 0 Å². The van der Waals surface area contributed by atoms with Crippen molar-refractivity contribution in [3.8, 4) is 0 Å². The number of carbonyl (C=O) groups excluding carboxylic acids is 1. The average molecular weight is 198 g/mol. The highest BCUT2D eigenvalue weighted by molar-refractivity contribution is 5.82. The molecule has 0 radical (unpaired) electrons. The largest absolute Gasteiger partial charge is 0.352 e. The van der Waals surface area contributed by atoms with Gasteiger partial charge in [-0.25, -0.2) is 0 Å². The summed E-state index contributed by atoms with van der Waals surface area (Å²) in [6.45, 7) is 8.14. The molecule has 1 fully saturated rings. The highest BCUT2D eigenvalue weighted by Gasteiger charge is 2.29. The van der Waals surface area contributed by atoms with Crippen LogP contribution in [0.15, 0.2) is 0 Å². The number of amides is 1. The predicted octanol–water partition coefficient (Wildman–Crippen LogP) is 1.24. The van der Waals surface area contributed by atoms with Crippen LogP contribution in [0.25, 0.3) is 0 Å². The first kappa shape index (κ1) is 11.5. The van der Waals surface area contributed by atoms with Gasteiger partial charge < -0.3 is 10.2 Å². The molecule has 1 atom stereocenters. The summed E-state index contributed by atoms with van der Waals surface area (Å²) in [6.07, 6.45) is 1.98. The molecule has 14 heavy (non-hydrogen) atoms. The van der Waals surface area contributed by atoms with Crippen molar-refractivity contribution in [2.75, 3.05) is 20.1 Å². The summed E-state index contributed by atoms with van der Waals surface area (Å²) in [5.74, 6) is 0.195. The van der Waals surface area contributed by atoms with Gasteiger partial charge in [-0.2, -0.15) is 0 Å². The van der Waals surface area contributed by atoms with E-state index in [1.54, 1.807) is 0 Å². The van der Waals surface area contributed by atoms with E-state index in [4.69, 9.17) is 0 Å². The third-order valence-corrected chi connectivity index (χ3v) is 3.23. The van der Waals surface area contributed by atoms with Gasteiger partial charge in [0.2, 0.25) is 5.91 Å². The Morgan fingerprint density at radius 2 is 2.21 bits per heavy atom. The van der Waals surface area contributed by atoms with Crippen LogP contribution in [-0.2, 0) is 4.79 Å². The van der Waals surface area contributed by atoms with Crippen LogP contribution in [0.4, 0.5) is 0 Å². The Kier molecular flexibility index (Phi) is 3.53. The normalized spacial score (nSPS) is 23.9. The zero-order valence-corrected chi connectivity index (χ0v) is 9.76. The maximum absolute atomic E-state index is 11.8. The summed E-state index contributed by atoms with van der Waals surface area (Å²) in [6, 6.07) is 0.360. The number of carbonyl (C=O) groups is 1. The molecule has 1 rings (SSSR count). The zero-order chi connectivity index (χ0) is 10.8. The Balaban J connectivity index is 2.41. The van der Waals surface area contributed by atoms with Crippen molar-refractivity contribution in [3.05, 3.63) is 0 Å². The van der Waals surface area contributed by atoms with Crippen molar-refractivity contribution < 1.29 is 4.79 Å². The quantitative estimate of drug-likeness (QED) is 0.740. The van der Waals surface area contributed by atoms with Crippen LogP contribution < -0.4 is 5.32 Å². The molecular weight excluding hydrogens is 176 g/mol. The summed E-state index contributed by atoms with van der Waals surface area (Å²) in [4.78, 5) is 14.1. The van der Waals surface area contributed by atoms with E-state index in [1.165, 1.54) is 0 Å². The van der Waals surface area contributed by atoms with E-state index in [0.717, 1.165) is 25.9 Å². The molecule has 1 unspecified atom stereocenters. The fraction of sp³-hybridized carbons (Fsp3) is 0.909. The van der Waals surface area contributed by atoms with Crippen LogP contribution in [0, 0.1) is 5.41 Å². The molecule has 1 aliphatic rings. The molecule has 1 N–H and O–H groups in total. The van der Waals surface area contributed by atoms with Crippen molar-refractivity contribution in [2.24, 2.45) is 5.41 Å². The number of hydrogen-bond donors (Lipinski definition) is 1. The molecule has 1 amide bonds. The van der Waals surface area contributed by atoms with E-state index in [2.05, 4.69) is 24.2 Å². The van der Waals surface area contributed by atoms with Gasteiger partial charge in [-0.1, -0.05) is 20.8 Å². The maximum atomic E-state index is 11.8. The Labute approximate surface area is 86.9 Å². The average Bonchev–Trinajstić information content (AvgIpc) is 2.51. The first-order valence-corrected chi connectivity index (χ1v) is 5.45. The summed E-state index contributed by atoms with van der Waals surface area (Å²) >= 11 is 0. The Hall–Kier alpha value is -0.570. The van der Waals surface area contributed by atoms with Gasteiger partial charge in [0.1, 0.15) is 0 Å². The third kappa shape index (κ3) is 2.71. The summed E-state index contributed by atoms with van der Waals surface area (Å²) < 4.78 is 0. The number of rotatable bonds is 3. The van der Waals surface area contributed by atoms with Gasteiger partial charge in [0.15, 0.2) is 0 Å². The number of likely N-dealkylation sites (tertiary alicyclic amines) is 1. The number of nitrogens with zero attached hydrogens (tertiary/aromatic N) is 1. The van der Waals surface area contributed by atoms with Crippen molar-refractivity contribution in [1.82, 2.24) is 10.2 Å². The highest BCUT2D eigenvalue weighted by atomic mass is 16.2. The van der Waals surface area contributed by atoms with Gasteiger partial charge in [0, 0.05) is 18.0 Å². The van der Waals surface area contributed by atoms with E-state index >= 15 is 0 Å². The van der Waals surface area contributed by atoms with Gasteiger partial charge in [-0.15, -0.1) is 0 Å². The fourth-order valence-electron chi connectivity index (χ4n) is 1.59. The SMILES string of the molecule is CCC(C)(C)C(=O)NC1CCN(C)C1. The molecule has 1 aliphatic heterocycles. The van der Waals surface area contributed by atoms with Crippen LogP contribution in [-0.4, -0.2) is 37.0 Å². The first-order valence-electron chi connectivity index (χ1n) is 5.45. The minimum Gasteiger partial charge on any atom is -0.352 e. The molecule has 1 heterocycles. The van der Waals surface area contributed by atoms with Crippen molar-refractivity contribution in [2.45, 2.75) is 39.7 Å². The monoisotopic (exact) mass is 198 g/mol. The van der Waals surface area contributed by atoms with Crippen LogP contribution in [0.1, 0.15) is 33.6 Å². The summed E-state index contributed by atoms with van der Waals surface area (Å²) in [5.41, 5.74) is -0.221. The number of nitrogens with one attached hydrogen (secondary N) is 1. The molecule has 1 saturated heterocycles. The Morgan fingerprint density at radius 1 is 1.57 bits per heavy atom. The highest BCUT2D eigenvalue weighted by Crippen LogP contribution is 2.20. The first-order chi connectivity index (χ1) is 6.45. The predicted molar refractivity (Wildman–Crippen MR) is 58.1 cm³/mol. The van der Waals surface area contributed by atoms with Gasteiger partial charge >= 0.3 is 0 Å². The Bertz CT molecular complexity index is 213. The lowest BCUT2D eigenvalue weighted by atomic mass is 9.89. The van der Waals surface area contributed by atoms with E-state index < -0.39 is 0 Å². The maximum Gasteiger partial charge on any atom is 0.225 e. The lowest BCUT2D eigenvalue weighted by Gasteiger charge is -2.24. The second-order valence-corrected chi connectivity index (χ2v) is 4.96. The molecule has 0 saturated carbocycles. The molecule has 0 aromatic rings. The second kappa shape index (κ2) is 4.30. The molecule has 0 aliphatic carbocycles. The summed E-state index contributed by atoms with van der Waals surface area (Å²) in [7, 11) is 2.09. The molecule has 3 nitrogen and oxygen atoms in total. The van der Waals surface area contributed by atoms with Gasteiger partial charge in [-0.3, -0.25) is 4.79 Å². The van der Waals surface area contributed by atoms with Gasteiger partial charge in [0.25, 0.3) is 0 Å². The molecule has 0 aromatic carbocycles. The minimum absolute atomic E-state index is 0.195. The molecular formula is C11H22N2O. The topological polar surface area (TPSA) is 32.3 Å². The van der Waals surface area contributed by atoms with E-state index in [0.29, 0.717) is 6.04 Å². The Morgan fingerprint density at radius 3 is 2.64 bits per heavy atom. The van der Waals surface area contributed by atoms with Crippen LogP contribution in [0.3, 0.4) is 0 Å². The van der Waals surface area contributed by atoms with E-state index in [-0.39, 0.29) is 11.3 Å². The molecule has 0 aromatic heterocycles. The van der Waals surface area contributed by atoms with Crippen LogP contribution in [0.2, 0.25) is 0 Å². The van der Waals surface area contributed by atoms with E-state index in [1.807, 2.05) is 13.8 Å². The third-order valence-electron chi connectivity index (χ3n) is 3.23. The minimum atomic E-state index is -0.221. The summed E-state index contributed by atoms with van der Waals surface area (Å²) in [5, 5.41) is 3.12. The number of likely N-dealkylation sites (N-methyl/N-ethyl adjacent to an activating group) is 1. The molecule has 0 bridgehead atoms. The van der Waals surface area contributed by atoms with E-state index in [9.17, 15) is 4.79 Å².